The topological polar surface area (TPSA) is 54.3 Å². The fourth-order valence-electron chi connectivity index (χ4n) is 3.85. The van der Waals surface area contributed by atoms with Gasteiger partial charge in [0, 0.05) is 42.4 Å². The summed E-state index contributed by atoms with van der Waals surface area (Å²) < 4.78 is 5.39. The van der Waals surface area contributed by atoms with Crippen molar-refractivity contribution >= 4 is 16.6 Å². The first kappa shape index (κ1) is 17.7. The Bertz CT molecular complexity index is 940. The number of ether oxygens (including phenoxy) is 1. The molecule has 27 heavy (non-hydrogen) atoms. The van der Waals surface area contributed by atoms with Crippen molar-refractivity contribution in [3.63, 3.8) is 0 Å². The van der Waals surface area contributed by atoms with Crippen LogP contribution in [0.2, 0.25) is 0 Å². The van der Waals surface area contributed by atoms with Gasteiger partial charge in [-0.15, -0.1) is 0 Å². The molecule has 0 saturated heterocycles. The van der Waals surface area contributed by atoms with E-state index in [0.717, 1.165) is 50.3 Å². The van der Waals surface area contributed by atoms with Gasteiger partial charge in [-0.2, -0.15) is 0 Å². The summed E-state index contributed by atoms with van der Waals surface area (Å²) in [6.07, 6.45) is 7.74. The van der Waals surface area contributed by atoms with Gasteiger partial charge in [-0.3, -0.25) is 4.90 Å². The molecule has 0 bridgehead atoms. The quantitative estimate of drug-likeness (QED) is 0.512. The Labute approximate surface area is 160 Å². The normalized spacial score (nSPS) is 15.1. The van der Waals surface area contributed by atoms with Crippen molar-refractivity contribution in [3.8, 4) is 5.75 Å². The van der Waals surface area contributed by atoms with Crippen molar-refractivity contribution < 1.29 is 4.74 Å². The van der Waals surface area contributed by atoms with Crippen LogP contribution in [0.25, 0.3) is 10.9 Å². The lowest BCUT2D eigenvalue weighted by atomic mass is 10.00. The number of nitrogens with two attached hydrogens (primary N) is 1. The second-order valence-corrected chi connectivity index (χ2v) is 7.32. The maximum Gasteiger partial charge on any atom is 0.119 e. The zero-order valence-electron chi connectivity index (χ0n) is 15.9. The zero-order valence-corrected chi connectivity index (χ0v) is 15.9. The molecular formula is C23H27N3O. The van der Waals surface area contributed by atoms with Gasteiger partial charge in [0.25, 0.3) is 0 Å². The number of nitrogens with one attached hydrogen (secondary N) is 1. The molecule has 3 N–H and O–H groups in total. The number of H-pyrrole nitrogens is 1. The lowest BCUT2D eigenvalue weighted by molar-refractivity contribution is 0.292. The van der Waals surface area contributed by atoms with Gasteiger partial charge in [0.15, 0.2) is 0 Å². The van der Waals surface area contributed by atoms with Crippen molar-refractivity contribution in [2.45, 2.75) is 19.3 Å². The highest BCUT2D eigenvalue weighted by atomic mass is 16.5. The molecule has 4 heteroatoms. The summed E-state index contributed by atoms with van der Waals surface area (Å²) in [6, 6.07) is 14.5. The average molecular weight is 361 g/mol. The fourth-order valence-corrected chi connectivity index (χ4v) is 3.85. The molecule has 0 fully saturated rings. The van der Waals surface area contributed by atoms with E-state index in [-0.39, 0.29) is 0 Å². The van der Waals surface area contributed by atoms with Crippen molar-refractivity contribution in [2.24, 2.45) is 0 Å². The van der Waals surface area contributed by atoms with Gasteiger partial charge in [0.2, 0.25) is 0 Å². The summed E-state index contributed by atoms with van der Waals surface area (Å²) in [7, 11) is 1.72. The fraction of sp³-hybridized carbons (Fsp3) is 0.304. The van der Waals surface area contributed by atoms with Crippen molar-refractivity contribution in [3.05, 3.63) is 71.4 Å². The number of nitrogen functional groups attached to an aromatic ring is 1. The average Bonchev–Trinajstić information content (AvgIpc) is 3.10. The second kappa shape index (κ2) is 7.89. The maximum atomic E-state index is 5.78. The Morgan fingerprint density at radius 2 is 2.00 bits per heavy atom. The summed E-state index contributed by atoms with van der Waals surface area (Å²) in [5, 5.41) is 1.26. The highest BCUT2D eigenvalue weighted by Gasteiger charge is 2.15. The molecular weight excluding hydrogens is 334 g/mol. The van der Waals surface area contributed by atoms with Gasteiger partial charge in [-0.1, -0.05) is 23.8 Å². The predicted molar refractivity (Wildman–Crippen MR) is 112 cm³/mol. The first-order chi connectivity index (χ1) is 13.2. The number of rotatable bonds is 6. The van der Waals surface area contributed by atoms with Gasteiger partial charge in [0.1, 0.15) is 5.75 Å². The Balaban J connectivity index is 1.40. The molecule has 0 spiro atoms. The monoisotopic (exact) mass is 361 g/mol. The van der Waals surface area contributed by atoms with Crippen molar-refractivity contribution in [2.75, 3.05) is 32.5 Å². The third kappa shape index (κ3) is 4.17. The molecule has 3 aromatic rings. The molecule has 0 atom stereocenters. The van der Waals surface area contributed by atoms with Gasteiger partial charge in [-0.25, -0.2) is 0 Å². The number of hydrogen-bond acceptors (Lipinski definition) is 3. The van der Waals surface area contributed by atoms with Crippen LogP contribution < -0.4 is 10.5 Å². The van der Waals surface area contributed by atoms with Crippen LogP contribution in [0.1, 0.15) is 17.5 Å². The van der Waals surface area contributed by atoms with Gasteiger partial charge < -0.3 is 15.5 Å². The number of nitrogens with zero attached hydrogens (tertiary/aromatic N) is 1. The summed E-state index contributed by atoms with van der Waals surface area (Å²) in [5.74, 6) is 0.908. The number of anilines is 1. The molecule has 0 saturated carbocycles. The molecule has 4 nitrogen and oxygen atoms in total. The molecule has 1 aromatic heterocycles. The highest BCUT2D eigenvalue weighted by molar-refractivity contribution is 5.84. The third-order valence-electron chi connectivity index (χ3n) is 5.39. The Hall–Kier alpha value is -2.72. The highest BCUT2D eigenvalue weighted by Crippen LogP contribution is 2.26. The molecule has 0 radical (unpaired) electrons. The molecule has 0 aliphatic carbocycles. The summed E-state index contributed by atoms with van der Waals surface area (Å²) >= 11 is 0. The second-order valence-electron chi connectivity index (χ2n) is 7.32. The molecule has 0 unspecified atom stereocenters. The van der Waals surface area contributed by atoms with Crippen LogP contribution >= 0.6 is 0 Å². The predicted octanol–water partition coefficient (Wildman–Crippen LogP) is 4.18. The summed E-state index contributed by atoms with van der Waals surface area (Å²) in [5.41, 5.74) is 12.0. The Morgan fingerprint density at radius 3 is 2.81 bits per heavy atom. The van der Waals surface area contributed by atoms with Crippen LogP contribution in [0, 0.1) is 0 Å². The van der Waals surface area contributed by atoms with E-state index in [1.807, 2.05) is 18.2 Å². The summed E-state index contributed by atoms with van der Waals surface area (Å²) in [4.78, 5) is 5.94. The number of aromatic nitrogens is 1. The van der Waals surface area contributed by atoms with Crippen LogP contribution in [0.15, 0.2) is 60.3 Å². The number of benzene rings is 2. The molecule has 4 rings (SSSR count). The van der Waals surface area contributed by atoms with E-state index in [2.05, 4.69) is 46.4 Å². The molecule has 2 heterocycles. The van der Waals surface area contributed by atoms with Crippen LogP contribution in [-0.2, 0) is 12.8 Å². The number of fused-ring (bicyclic) bond motifs is 1. The smallest absolute Gasteiger partial charge is 0.119 e. The zero-order chi connectivity index (χ0) is 18.6. The summed E-state index contributed by atoms with van der Waals surface area (Å²) in [6.45, 7) is 3.27. The first-order valence-electron chi connectivity index (χ1n) is 9.60. The van der Waals surface area contributed by atoms with Gasteiger partial charge in [0.05, 0.1) is 7.11 Å². The lowest BCUT2D eigenvalue weighted by Gasteiger charge is -2.27. The molecule has 1 aliphatic heterocycles. The van der Waals surface area contributed by atoms with E-state index in [1.54, 1.807) is 7.11 Å². The van der Waals surface area contributed by atoms with Crippen LogP contribution in [0.5, 0.6) is 5.75 Å². The minimum absolute atomic E-state index is 0.831. The largest absolute Gasteiger partial charge is 0.497 e. The molecule has 0 amide bonds. The third-order valence-corrected chi connectivity index (χ3v) is 5.39. The Kier molecular flexibility index (Phi) is 5.16. The lowest BCUT2D eigenvalue weighted by Crippen LogP contribution is -2.32. The maximum absolute atomic E-state index is 5.78. The van der Waals surface area contributed by atoms with E-state index in [1.165, 1.54) is 27.6 Å². The first-order valence-corrected chi connectivity index (χ1v) is 9.60. The van der Waals surface area contributed by atoms with Crippen molar-refractivity contribution in [1.29, 1.82) is 0 Å². The van der Waals surface area contributed by atoms with E-state index < -0.39 is 0 Å². The minimum Gasteiger partial charge on any atom is -0.497 e. The number of methoxy groups -OCH3 is 1. The van der Waals surface area contributed by atoms with E-state index in [4.69, 9.17) is 10.5 Å². The molecule has 2 aromatic carbocycles. The number of aromatic amines is 1. The standard InChI is InChI=1S/C23H27N3O/c1-27-21-8-9-23-22(14-21)19(15-25-23)13-18-3-2-11-26(16-18)12-10-17-4-6-20(24)7-5-17/h3-9,14-15,25H,2,10-13,16,24H2,1H3. The van der Waals surface area contributed by atoms with Crippen LogP contribution in [0.3, 0.4) is 0 Å². The van der Waals surface area contributed by atoms with Gasteiger partial charge >= 0.3 is 0 Å². The van der Waals surface area contributed by atoms with Crippen molar-refractivity contribution in [1.82, 2.24) is 9.88 Å². The van der Waals surface area contributed by atoms with Crippen LogP contribution in [0.4, 0.5) is 5.69 Å². The van der Waals surface area contributed by atoms with Crippen LogP contribution in [-0.4, -0.2) is 36.6 Å². The van der Waals surface area contributed by atoms with E-state index >= 15 is 0 Å². The molecule has 140 valence electrons. The molecule has 1 aliphatic rings. The van der Waals surface area contributed by atoms with Gasteiger partial charge in [-0.05, 0) is 60.7 Å². The Morgan fingerprint density at radius 1 is 1.15 bits per heavy atom. The number of hydrogen-bond donors (Lipinski definition) is 2. The van der Waals surface area contributed by atoms with E-state index in [0.29, 0.717) is 0 Å². The minimum atomic E-state index is 0.831. The SMILES string of the molecule is COc1ccc2[nH]cc(CC3=CCCN(CCc4ccc(N)cc4)C3)c2c1. The van der Waals surface area contributed by atoms with E-state index in [9.17, 15) is 0 Å².